The van der Waals surface area contributed by atoms with Crippen LogP contribution in [0.15, 0.2) is 46.9 Å². The minimum Gasteiger partial charge on any atom is -0.489 e. The normalized spacial score (nSPS) is 10.3. The van der Waals surface area contributed by atoms with E-state index >= 15 is 0 Å². The van der Waals surface area contributed by atoms with Gasteiger partial charge >= 0.3 is 0 Å². The van der Waals surface area contributed by atoms with Crippen molar-refractivity contribution in [3.8, 4) is 5.75 Å². The fourth-order valence-corrected chi connectivity index (χ4v) is 2.37. The third-order valence-electron chi connectivity index (χ3n) is 2.68. The number of nitrogens with zero attached hydrogens (tertiary/aromatic N) is 1. The predicted octanol–water partition coefficient (Wildman–Crippen LogP) is 4.68. The molecule has 0 saturated heterocycles. The molecule has 0 aliphatic carbocycles. The number of halogens is 2. The summed E-state index contributed by atoms with van der Waals surface area (Å²) >= 11 is 9.20. The number of alkyl halides is 1. The smallest absolute Gasteiger partial charge is 0.270 e. The maximum absolute atomic E-state index is 10.7. The van der Waals surface area contributed by atoms with Crippen molar-refractivity contribution in [3.63, 3.8) is 0 Å². The molecule has 0 N–H and O–H groups in total. The number of nitro benzene ring substituents is 1. The fraction of sp³-hybridized carbons (Fsp3) is 0.143. The molecule has 0 aromatic heterocycles. The van der Waals surface area contributed by atoms with Crippen LogP contribution in [0.4, 0.5) is 5.69 Å². The molecule has 0 amide bonds. The van der Waals surface area contributed by atoms with E-state index in [0.717, 1.165) is 10.0 Å². The highest BCUT2D eigenvalue weighted by molar-refractivity contribution is 9.10. The molecule has 0 aliphatic heterocycles. The Morgan fingerprint density at radius 3 is 2.70 bits per heavy atom. The van der Waals surface area contributed by atoms with Crippen LogP contribution >= 0.6 is 27.5 Å². The molecule has 104 valence electrons. The van der Waals surface area contributed by atoms with Crippen molar-refractivity contribution < 1.29 is 9.66 Å². The minimum atomic E-state index is -0.450. The van der Waals surface area contributed by atoms with Gasteiger partial charge in [-0.25, -0.2) is 0 Å². The summed E-state index contributed by atoms with van der Waals surface area (Å²) in [5.74, 6) is 0.723. The van der Waals surface area contributed by atoms with Crippen LogP contribution in [0.2, 0.25) is 0 Å². The zero-order valence-electron chi connectivity index (χ0n) is 10.4. The summed E-state index contributed by atoms with van der Waals surface area (Å²) in [4.78, 5) is 10.3. The monoisotopic (exact) mass is 355 g/mol. The molecule has 20 heavy (non-hydrogen) atoms. The molecule has 0 spiro atoms. The Hall–Kier alpha value is -1.59. The molecule has 2 aromatic rings. The van der Waals surface area contributed by atoms with Crippen molar-refractivity contribution in [2.75, 3.05) is 0 Å². The lowest BCUT2D eigenvalue weighted by atomic mass is 10.2. The summed E-state index contributed by atoms with van der Waals surface area (Å²) < 4.78 is 6.65. The van der Waals surface area contributed by atoms with E-state index < -0.39 is 4.92 Å². The summed E-state index contributed by atoms with van der Waals surface area (Å²) in [5.41, 5.74) is 1.62. The molecule has 2 rings (SSSR count). The number of non-ortho nitro benzene ring substituents is 1. The third kappa shape index (κ3) is 3.71. The van der Waals surface area contributed by atoms with Gasteiger partial charge in [-0.1, -0.05) is 28.1 Å². The van der Waals surface area contributed by atoms with Crippen molar-refractivity contribution in [2.24, 2.45) is 0 Å². The van der Waals surface area contributed by atoms with Crippen molar-refractivity contribution in [1.82, 2.24) is 0 Å². The second kappa shape index (κ2) is 6.72. The van der Waals surface area contributed by atoms with Gasteiger partial charge in [0, 0.05) is 22.2 Å². The van der Waals surface area contributed by atoms with E-state index in [9.17, 15) is 10.1 Å². The lowest BCUT2D eigenvalue weighted by molar-refractivity contribution is -0.384. The first-order valence-corrected chi connectivity index (χ1v) is 7.13. The van der Waals surface area contributed by atoms with Gasteiger partial charge in [0.15, 0.2) is 0 Å². The molecule has 0 saturated carbocycles. The second-order valence-corrected chi connectivity index (χ2v) is 5.28. The van der Waals surface area contributed by atoms with E-state index in [1.165, 1.54) is 12.1 Å². The van der Waals surface area contributed by atoms with Gasteiger partial charge in [0.05, 0.1) is 10.8 Å². The quantitative estimate of drug-likeness (QED) is 0.444. The van der Waals surface area contributed by atoms with E-state index in [0.29, 0.717) is 17.9 Å². The molecule has 2 aromatic carbocycles. The van der Waals surface area contributed by atoms with Gasteiger partial charge in [-0.2, -0.15) is 0 Å². The number of benzene rings is 2. The first kappa shape index (κ1) is 14.8. The Balaban J connectivity index is 2.15. The Bertz CT molecular complexity index is 634. The predicted molar refractivity (Wildman–Crippen MR) is 81.1 cm³/mol. The molecule has 0 atom stereocenters. The van der Waals surface area contributed by atoms with Crippen LogP contribution in [-0.2, 0) is 12.5 Å². The first-order valence-electron chi connectivity index (χ1n) is 5.80. The van der Waals surface area contributed by atoms with E-state index in [-0.39, 0.29) is 11.6 Å². The highest BCUT2D eigenvalue weighted by Gasteiger charge is 2.11. The Morgan fingerprint density at radius 1 is 1.25 bits per heavy atom. The first-order chi connectivity index (χ1) is 9.60. The number of ether oxygens (including phenoxy) is 1. The molecule has 0 aliphatic rings. The number of rotatable bonds is 5. The largest absolute Gasteiger partial charge is 0.489 e. The highest BCUT2D eigenvalue weighted by atomic mass is 79.9. The lowest BCUT2D eigenvalue weighted by Gasteiger charge is -2.10. The molecule has 6 heteroatoms. The van der Waals surface area contributed by atoms with Crippen LogP contribution in [0.3, 0.4) is 0 Å². The Kier molecular flexibility index (Phi) is 4.98. The number of nitro groups is 1. The molecular formula is C14H11BrClNO3. The molecule has 0 bridgehead atoms. The average Bonchev–Trinajstić information content (AvgIpc) is 2.45. The van der Waals surface area contributed by atoms with Crippen molar-refractivity contribution in [2.45, 2.75) is 12.5 Å². The van der Waals surface area contributed by atoms with Crippen LogP contribution in [0, 0.1) is 10.1 Å². The van der Waals surface area contributed by atoms with Crippen molar-refractivity contribution in [1.29, 1.82) is 0 Å². The summed E-state index contributed by atoms with van der Waals surface area (Å²) in [6.07, 6.45) is 0. The van der Waals surface area contributed by atoms with Crippen molar-refractivity contribution in [3.05, 3.63) is 68.2 Å². The Morgan fingerprint density at radius 2 is 2.05 bits per heavy atom. The maximum atomic E-state index is 10.7. The van der Waals surface area contributed by atoms with Crippen LogP contribution in [0.5, 0.6) is 5.75 Å². The fourth-order valence-electron chi connectivity index (χ4n) is 1.71. The minimum absolute atomic E-state index is 0.00968. The standard InChI is InChI=1S/C14H11BrClNO3/c15-12-3-1-2-10(6-12)9-20-14-5-4-13(17(18)19)7-11(14)8-16/h1-7H,8-9H2. The van der Waals surface area contributed by atoms with Gasteiger partial charge in [0.1, 0.15) is 12.4 Å². The summed E-state index contributed by atoms with van der Waals surface area (Å²) in [7, 11) is 0. The van der Waals surface area contributed by atoms with Crippen LogP contribution < -0.4 is 4.74 Å². The average molecular weight is 357 g/mol. The summed E-state index contributed by atoms with van der Waals surface area (Å²) in [6, 6.07) is 12.2. The zero-order valence-corrected chi connectivity index (χ0v) is 12.7. The van der Waals surface area contributed by atoms with Crippen LogP contribution in [0.1, 0.15) is 11.1 Å². The third-order valence-corrected chi connectivity index (χ3v) is 3.46. The highest BCUT2D eigenvalue weighted by Crippen LogP contribution is 2.26. The summed E-state index contributed by atoms with van der Waals surface area (Å²) in [6.45, 7) is 0.376. The van der Waals surface area contributed by atoms with Gasteiger partial charge in [-0.15, -0.1) is 11.6 Å². The van der Waals surface area contributed by atoms with Gasteiger partial charge in [0.2, 0.25) is 0 Å². The van der Waals surface area contributed by atoms with Crippen LogP contribution in [0.25, 0.3) is 0 Å². The molecule has 0 radical (unpaired) electrons. The van der Waals surface area contributed by atoms with Crippen molar-refractivity contribution >= 4 is 33.2 Å². The van der Waals surface area contributed by atoms with E-state index in [2.05, 4.69) is 15.9 Å². The second-order valence-electron chi connectivity index (χ2n) is 4.10. The number of hydrogen-bond acceptors (Lipinski definition) is 3. The van der Waals surface area contributed by atoms with Gasteiger partial charge in [-0.05, 0) is 23.8 Å². The van der Waals surface area contributed by atoms with E-state index in [1.807, 2.05) is 24.3 Å². The Labute approximate surface area is 129 Å². The summed E-state index contributed by atoms with van der Waals surface area (Å²) in [5, 5.41) is 10.7. The van der Waals surface area contributed by atoms with Crippen LogP contribution in [-0.4, -0.2) is 4.92 Å². The van der Waals surface area contributed by atoms with E-state index in [4.69, 9.17) is 16.3 Å². The van der Waals surface area contributed by atoms with Gasteiger partial charge in [0.25, 0.3) is 5.69 Å². The topological polar surface area (TPSA) is 52.4 Å². The lowest BCUT2D eigenvalue weighted by Crippen LogP contribution is -1.99. The SMILES string of the molecule is O=[N+]([O-])c1ccc(OCc2cccc(Br)c2)c(CCl)c1. The van der Waals surface area contributed by atoms with E-state index in [1.54, 1.807) is 6.07 Å². The number of hydrogen-bond donors (Lipinski definition) is 0. The molecular weight excluding hydrogens is 346 g/mol. The molecule has 0 fully saturated rings. The van der Waals surface area contributed by atoms with Gasteiger partial charge in [-0.3, -0.25) is 10.1 Å². The van der Waals surface area contributed by atoms with Gasteiger partial charge < -0.3 is 4.74 Å². The zero-order chi connectivity index (χ0) is 14.5. The molecule has 0 unspecified atom stereocenters. The maximum Gasteiger partial charge on any atom is 0.270 e. The molecule has 4 nitrogen and oxygen atoms in total. The molecule has 0 heterocycles.